The Labute approximate surface area is 81.7 Å². The van der Waals surface area contributed by atoms with Gasteiger partial charge < -0.3 is 4.74 Å². The molecule has 0 amide bonds. The van der Waals surface area contributed by atoms with Crippen molar-refractivity contribution in [1.82, 2.24) is 0 Å². The number of rotatable bonds is 7. The van der Waals surface area contributed by atoms with Crippen molar-refractivity contribution in [3.05, 3.63) is 6.92 Å². The van der Waals surface area contributed by atoms with E-state index in [4.69, 9.17) is 4.74 Å². The van der Waals surface area contributed by atoms with E-state index in [-0.39, 0.29) is 5.97 Å². The zero-order valence-corrected chi connectivity index (χ0v) is 8.84. The third kappa shape index (κ3) is 9.38. The molecule has 0 aromatic heterocycles. The first kappa shape index (κ1) is 12.5. The van der Waals surface area contributed by atoms with Crippen LogP contribution in [-0.4, -0.2) is 12.6 Å². The fourth-order valence-corrected chi connectivity index (χ4v) is 0.997. The predicted molar refractivity (Wildman–Crippen MR) is 54.2 cm³/mol. The molecule has 1 radical (unpaired) electrons. The van der Waals surface area contributed by atoms with Gasteiger partial charge in [0.2, 0.25) is 0 Å². The molecule has 2 heteroatoms. The summed E-state index contributed by atoms with van der Waals surface area (Å²) in [6, 6.07) is 0. The van der Waals surface area contributed by atoms with E-state index in [2.05, 4.69) is 20.8 Å². The summed E-state index contributed by atoms with van der Waals surface area (Å²) in [4.78, 5) is 11.1. The van der Waals surface area contributed by atoms with Crippen LogP contribution in [0.15, 0.2) is 0 Å². The van der Waals surface area contributed by atoms with Gasteiger partial charge in [-0.2, -0.15) is 0 Å². The van der Waals surface area contributed by atoms with Crippen LogP contribution in [0.1, 0.15) is 46.0 Å². The fourth-order valence-electron chi connectivity index (χ4n) is 0.997. The molecule has 0 fully saturated rings. The summed E-state index contributed by atoms with van der Waals surface area (Å²) in [5, 5.41) is 0. The van der Waals surface area contributed by atoms with E-state index in [9.17, 15) is 4.79 Å². The number of hydrogen-bond acceptors (Lipinski definition) is 2. The van der Waals surface area contributed by atoms with Gasteiger partial charge in [-0.1, -0.05) is 33.6 Å². The molecule has 77 valence electrons. The number of esters is 1. The summed E-state index contributed by atoms with van der Waals surface area (Å²) in [6.07, 6.45) is 4.49. The van der Waals surface area contributed by atoms with Crippen LogP contribution in [0, 0.1) is 12.8 Å². The Balaban J connectivity index is 3.20. The van der Waals surface area contributed by atoms with Gasteiger partial charge in [0.05, 0.1) is 6.61 Å². The van der Waals surface area contributed by atoms with Crippen molar-refractivity contribution in [1.29, 1.82) is 0 Å². The molecule has 0 aromatic rings. The van der Waals surface area contributed by atoms with Crippen molar-refractivity contribution >= 4 is 5.97 Å². The Morgan fingerprint density at radius 1 is 1.46 bits per heavy atom. The van der Waals surface area contributed by atoms with E-state index in [1.165, 1.54) is 0 Å². The van der Waals surface area contributed by atoms with E-state index in [0.717, 1.165) is 25.7 Å². The third-order valence-electron chi connectivity index (χ3n) is 1.84. The highest BCUT2D eigenvalue weighted by atomic mass is 16.5. The molecule has 0 bridgehead atoms. The van der Waals surface area contributed by atoms with Crippen LogP contribution < -0.4 is 0 Å². The second-order valence-corrected chi connectivity index (χ2v) is 3.57. The Morgan fingerprint density at radius 2 is 2.15 bits per heavy atom. The molecule has 2 nitrogen and oxygen atoms in total. The van der Waals surface area contributed by atoms with Crippen molar-refractivity contribution in [2.24, 2.45) is 5.92 Å². The average Bonchev–Trinajstić information content (AvgIpc) is 2.04. The zero-order chi connectivity index (χ0) is 10.1. The first-order valence-electron chi connectivity index (χ1n) is 5.15. The van der Waals surface area contributed by atoms with Crippen LogP contribution in [0.3, 0.4) is 0 Å². The fraction of sp³-hybridized carbons (Fsp3) is 0.818. The minimum Gasteiger partial charge on any atom is -0.466 e. The summed E-state index contributed by atoms with van der Waals surface area (Å²) in [7, 11) is 0. The highest BCUT2D eigenvalue weighted by molar-refractivity contribution is 5.69. The van der Waals surface area contributed by atoms with Crippen LogP contribution >= 0.6 is 0 Å². The van der Waals surface area contributed by atoms with E-state index in [1.807, 2.05) is 0 Å². The lowest BCUT2D eigenvalue weighted by Gasteiger charge is -2.05. The molecule has 0 aliphatic carbocycles. The largest absolute Gasteiger partial charge is 0.466 e. The molecule has 13 heavy (non-hydrogen) atoms. The van der Waals surface area contributed by atoms with E-state index >= 15 is 0 Å². The summed E-state index contributed by atoms with van der Waals surface area (Å²) in [5.74, 6) is 0.373. The number of unbranched alkanes of at least 4 members (excludes halogenated alkanes) is 1. The second-order valence-electron chi connectivity index (χ2n) is 3.57. The number of carbonyl (C=O) groups is 1. The zero-order valence-electron chi connectivity index (χ0n) is 8.84. The highest BCUT2D eigenvalue weighted by Crippen LogP contribution is 2.06. The van der Waals surface area contributed by atoms with Crippen LogP contribution in [-0.2, 0) is 9.53 Å². The Kier molecular flexibility index (Phi) is 7.76. The van der Waals surface area contributed by atoms with Crippen molar-refractivity contribution < 1.29 is 9.53 Å². The van der Waals surface area contributed by atoms with Gasteiger partial charge in [0, 0.05) is 6.42 Å². The molecule has 0 aliphatic rings. The maximum atomic E-state index is 11.1. The predicted octanol–water partition coefficient (Wildman–Crippen LogP) is 2.97. The van der Waals surface area contributed by atoms with E-state index < -0.39 is 0 Å². The van der Waals surface area contributed by atoms with Gasteiger partial charge in [-0.15, -0.1) is 0 Å². The van der Waals surface area contributed by atoms with Gasteiger partial charge in [0.1, 0.15) is 0 Å². The first-order valence-corrected chi connectivity index (χ1v) is 5.15. The lowest BCUT2D eigenvalue weighted by atomic mass is 10.1. The monoisotopic (exact) mass is 185 g/mol. The maximum Gasteiger partial charge on any atom is 0.305 e. The molecule has 0 saturated heterocycles. The van der Waals surface area contributed by atoms with Gasteiger partial charge in [0.25, 0.3) is 0 Å². The van der Waals surface area contributed by atoms with Gasteiger partial charge in [-0.25, -0.2) is 0 Å². The summed E-state index contributed by atoms with van der Waals surface area (Å²) in [6.45, 7) is 8.58. The lowest BCUT2D eigenvalue weighted by molar-refractivity contribution is -0.143. The average molecular weight is 185 g/mol. The molecular formula is C11H21O2. The van der Waals surface area contributed by atoms with Gasteiger partial charge >= 0.3 is 5.97 Å². The molecule has 0 saturated carbocycles. The number of carbonyl (C=O) groups excluding carboxylic acids is 1. The molecule has 0 spiro atoms. The third-order valence-corrected chi connectivity index (χ3v) is 1.84. The minimum atomic E-state index is -0.0610. The molecule has 0 heterocycles. The van der Waals surface area contributed by atoms with Gasteiger partial charge in [-0.3, -0.25) is 4.79 Å². The molecule has 0 aromatic carbocycles. The minimum absolute atomic E-state index is 0.0610. The molecule has 1 atom stereocenters. The van der Waals surface area contributed by atoms with Crippen molar-refractivity contribution in [2.75, 3.05) is 6.61 Å². The smallest absolute Gasteiger partial charge is 0.305 e. The topological polar surface area (TPSA) is 26.3 Å². The molecule has 0 aliphatic heterocycles. The number of hydrogen-bond donors (Lipinski definition) is 0. The Morgan fingerprint density at radius 3 is 2.69 bits per heavy atom. The van der Waals surface area contributed by atoms with Gasteiger partial charge in [0.15, 0.2) is 0 Å². The highest BCUT2D eigenvalue weighted by Gasteiger charge is 2.02. The molecular weight excluding hydrogens is 164 g/mol. The molecule has 0 N–H and O–H groups in total. The number of ether oxygens (including phenoxy) is 1. The standard InChI is InChI=1S/C11H21O2/c1-4-5-9-13-11(12)8-6-7-10(2)3/h10H,2,4-9H2,1,3H3. The van der Waals surface area contributed by atoms with Gasteiger partial charge in [-0.05, 0) is 18.8 Å². The Bertz CT molecular complexity index is 130. The Hall–Kier alpha value is -0.530. The molecule has 0 rings (SSSR count). The van der Waals surface area contributed by atoms with E-state index in [1.54, 1.807) is 0 Å². The van der Waals surface area contributed by atoms with E-state index in [0.29, 0.717) is 18.9 Å². The second kappa shape index (κ2) is 8.09. The summed E-state index contributed by atoms with van der Waals surface area (Å²) >= 11 is 0. The van der Waals surface area contributed by atoms with Crippen molar-refractivity contribution in [3.63, 3.8) is 0 Å². The summed E-state index contributed by atoms with van der Waals surface area (Å²) in [5.41, 5.74) is 0. The maximum absolute atomic E-state index is 11.1. The summed E-state index contributed by atoms with van der Waals surface area (Å²) < 4.78 is 5.00. The van der Waals surface area contributed by atoms with Crippen LogP contribution in [0.2, 0.25) is 0 Å². The van der Waals surface area contributed by atoms with Crippen LogP contribution in [0.4, 0.5) is 0 Å². The van der Waals surface area contributed by atoms with Crippen LogP contribution in [0.5, 0.6) is 0 Å². The molecule has 1 unspecified atom stereocenters. The normalized spacial score (nSPS) is 10.5. The lowest BCUT2D eigenvalue weighted by Crippen LogP contribution is -2.05. The van der Waals surface area contributed by atoms with Crippen molar-refractivity contribution in [2.45, 2.75) is 46.0 Å². The van der Waals surface area contributed by atoms with Crippen molar-refractivity contribution in [3.8, 4) is 0 Å². The first-order chi connectivity index (χ1) is 6.16. The quantitative estimate of drug-likeness (QED) is 0.450. The SMILES string of the molecule is [CH2]C(C)CCCC(=O)OCCCC. The van der Waals surface area contributed by atoms with Crippen LogP contribution in [0.25, 0.3) is 0 Å².